The third-order valence-electron chi connectivity index (χ3n) is 4.24. The molecule has 0 fully saturated rings. The van der Waals surface area contributed by atoms with Crippen molar-refractivity contribution in [2.24, 2.45) is 5.92 Å². The molecule has 1 N–H and O–H groups in total. The normalized spacial score (nSPS) is 19.6. The number of allylic oxidation sites excluding steroid dienone is 1. The van der Waals surface area contributed by atoms with Crippen LogP contribution in [0.25, 0.3) is 0 Å². The Kier molecular flexibility index (Phi) is 7.91. The number of carbonyl (C=O) groups is 2. The lowest BCUT2D eigenvalue weighted by Crippen LogP contribution is -2.37. The lowest BCUT2D eigenvalue weighted by molar-refractivity contribution is -0.139. The van der Waals surface area contributed by atoms with Gasteiger partial charge in [0.1, 0.15) is 0 Å². The first-order valence-electron chi connectivity index (χ1n) is 8.73. The van der Waals surface area contributed by atoms with Crippen molar-refractivity contribution >= 4 is 28.0 Å². The number of methoxy groups -OCH3 is 1. The minimum absolute atomic E-state index is 0.248. The first kappa shape index (κ1) is 21.0. The van der Waals surface area contributed by atoms with Crippen LogP contribution >= 0.6 is 15.9 Å². The third kappa shape index (κ3) is 6.13. The van der Waals surface area contributed by atoms with Gasteiger partial charge in [0.05, 0.1) is 24.9 Å². The number of benzene rings is 1. The molecule has 0 radical (unpaired) electrons. The monoisotopic (exact) mass is 437 g/mol. The lowest BCUT2D eigenvalue weighted by Gasteiger charge is -2.31. The maximum atomic E-state index is 12.2. The fourth-order valence-corrected chi connectivity index (χ4v) is 3.03. The Bertz CT molecular complexity index is 726. The second kappa shape index (κ2) is 10.2. The molecule has 1 amide bonds. The number of hydrogen-bond acceptors (Lipinski definition) is 5. The highest BCUT2D eigenvalue weighted by atomic mass is 79.9. The Labute approximate surface area is 167 Å². The van der Waals surface area contributed by atoms with Gasteiger partial charge in [0.15, 0.2) is 0 Å². The van der Waals surface area contributed by atoms with E-state index in [9.17, 15) is 9.59 Å². The van der Waals surface area contributed by atoms with Crippen molar-refractivity contribution in [3.8, 4) is 0 Å². The zero-order valence-electron chi connectivity index (χ0n) is 15.7. The maximum Gasteiger partial charge on any atom is 0.410 e. The third-order valence-corrected chi connectivity index (χ3v) is 4.77. The summed E-state index contributed by atoms with van der Waals surface area (Å²) < 4.78 is 16.7. The molecule has 1 aromatic rings. The Morgan fingerprint density at radius 1 is 1.33 bits per heavy atom. The number of nitrogens with one attached hydrogen (secondary N) is 1. The topological polar surface area (TPSA) is 73.9 Å². The summed E-state index contributed by atoms with van der Waals surface area (Å²) in [5.41, 5.74) is 2.37. The maximum absolute atomic E-state index is 12.2. The van der Waals surface area contributed by atoms with Gasteiger partial charge in [-0.1, -0.05) is 46.6 Å². The van der Waals surface area contributed by atoms with Gasteiger partial charge < -0.3 is 19.5 Å². The molecule has 7 heteroatoms. The van der Waals surface area contributed by atoms with Crippen molar-refractivity contribution in [2.75, 3.05) is 7.11 Å². The highest BCUT2D eigenvalue weighted by molar-refractivity contribution is 9.10. The smallest absolute Gasteiger partial charge is 0.410 e. The van der Waals surface area contributed by atoms with E-state index in [1.165, 1.54) is 13.4 Å². The molecule has 1 aliphatic heterocycles. The van der Waals surface area contributed by atoms with Gasteiger partial charge in [0.2, 0.25) is 0 Å². The van der Waals surface area contributed by atoms with Gasteiger partial charge in [-0.05, 0) is 37.5 Å². The van der Waals surface area contributed by atoms with Gasteiger partial charge in [-0.3, -0.25) is 0 Å². The molecule has 0 aromatic heterocycles. The molecule has 0 saturated carbocycles. The summed E-state index contributed by atoms with van der Waals surface area (Å²) in [4.78, 5) is 24.0. The van der Waals surface area contributed by atoms with E-state index in [0.29, 0.717) is 18.5 Å². The summed E-state index contributed by atoms with van der Waals surface area (Å²) in [7, 11) is 1.32. The minimum atomic E-state index is -0.800. The highest BCUT2D eigenvalue weighted by Gasteiger charge is 2.34. The van der Waals surface area contributed by atoms with Gasteiger partial charge in [0, 0.05) is 11.0 Å². The molecule has 0 saturated heterocycles. The van der Waals surface area contributed by atoms with E-state index in [1.54, 1.807) is 0 Å². The molecule has 1 aliphatic rings. The summed E-state index contributed by atoms with van der Waals surface area (Å²) in [6.07, 6.45) is 3.19. The van der Waals surface area contributed by atoms with E-state index >= 15 is 0 Å². The van der Waals surface area contributed by atoms with Gasteiger partial charge in [0.25, 0.3) is 6.29 Å². The van der Waals surface area contributed by atoms with Crippen molar-refractivity contribution in [3.63, 3.8) is 0 Å². The zero-order chi connectivity index (χ0) is 19.8. The standard InChI is InChI=1S/C20H24BrNO5/c1-4-5-13(2)17-10-15(18(23)25-3)12-26-19(17)27-20(24)22-11-14-6-8-16(21)9-7-14/h5-9,12,17,19H,4,10-11H2,1-3H3,(H,22,24)/b13-5-. The van der Waals surface area contributed by atoms with Crippen LogP contribution < -0.4 is 5.32 Å². The van der Waals surface area contributed by atoms with Gasteiger partial charge in [-0.2, -0.15) is 0 Å². The molecule has 1 aromatic carbocycles. The minimum Gasteiger partial charge on any atom is -0.466 e. The van der Waals surface area contributed by atoms with Gasteiger partial charge in [-0.25, -0.2) is 9.59 Å². The lowest BCUT2D eigenvalue weighted by atomic mass is 9.90. The van der Waals surface area contributed by atoms with E-state index < -0.39 is 18.4 Å². The number of esters is 1. The molecular weight excluding hydrogens is 414 g/mol. The second-order valence-electron chi connectivity index (χ2n) is 6.19. The Balaban J connectivity index is 2.01. The highest BCUT2D eigenvalue weighted by Crippen LogP contribution is 2.31. The van der Waals surface area contributed by atoms with E-state index in [1.807, 2.05) is 44.2 Å². The summed E-state index contributed by atoms with van der Waals surface area (Å²) in [5.74, 6) is -0.690. The van der Waals surface area contributed by atoms with E-state index in [-0.39, 0.29) is 5.92 Å². The van der Waals surface area contributed by atoms with E-state index in [2.05, 4.69) is 21.2 Å². The molecule has 146 valence electrons. The average Bonchev–Trinajstić information content (AvgIpc) is 2.67. The molecule has 27 heavy (non-hydrogen) atoms. The van der Waals surface area contributed by atoms with Crippen LogP contribution in [0, 0.1) is 5.92 Å². The fraction of sp³-hybridized carbons (Fsp3) is 0.400. The number of hydrogen-bond donors (Lipinski definition) is 1. The fourth-order valence-electron chi connectivity index (χ4n) is 2.77. The quantitative estimate of drug-likeness (QED) is 0.525. The summed E-state index contributed by atoms with van der Waals surface area (Å²) in [5, 5.41) is 2.71. The van der Waals surface area contributed by atoms with Crippen LogP contribution in [0.5, 0.6) is 0 Å². The number of alkyl carbamates (subject to hydrolysis) is 1. The van der Waals surface area contributed by atoms with Crippen LogP contribution in [0.4, 0.5) is 4.79 Å². The molecule has 0 aliphatic carbocycles. The molecule has 2 unspecified atom stereocenters. The molecule has 0 bridgehead atoms. The van der Waals surface area contributed by atoms with E-state index in [4.69, 9.17) is 14.2 Å². The number of ether oxygens (including phenoxy) is 3. The summed E-state index contributed by atoms with van der Waals surface area (Å²) in [6.45, 7) is 4.30. The van der Waals surface area contributed by atoms with Crippen molar-refractivity contribution in [1.29, 1.82) is 0 Å². The summed E-state index contributed by atoms with van der Waals surface area (Å²) >= 11 is 3.37. The Morgan fingerprint density at radius 2 is 2.04 bits per heavy atom. The summed E-state index contributed by atoms with van der Waals surface area (Å²) in [6, 6.07) is 7.62. The molecule has 0 spiro atoms. The molecule has 1 heterocycles. The number of halogens is 1. The second-order valence-corrected chi connectivity index (χ2v) is 7.11. The Morgan fingerprint density at radius 3 is 2.67 bits per heavy atom. The van der Waals surface area contributed by atoms with E-state index in [0.717, 1.165) is 22.0 Å². The van der Waals surface area contributed by atoms with Crippen molar-refractivity contribution < 1.29 is 23.8 Å². The van der Waals surface area contributed by atoms with Crippen LogP contribution in [-0.4, -0.2) is 25.5 Å². The molecule has 6 nitrogen and oxygen atoms in total. The first-order chi connectivity index (χ1) is 12.9. The first-order valence-corrected chi connectivity index (χ1v) is 9.52. The average molecular weight is 438 g/mol. The number of carbonyl (C=O) groups excluding carboxylic acids is 2. The largest absolute Gasteiger partial charge is 0.466 e. The Hall–Kier alpha value is -2.28. The predicted molar refractivity (Wildman–Crippen MR) is 105 cm³/mol. The zero-order valence-corrected chi connectivity index (χ0v) is 17.2. The van der Waals surface area contributed by atoms with Crippen LogP contribution in [0.1, 0.15) is 32.3 Å². The molecule has 2 rings (SSSR count). The number of rotatable bonds is 6. The van der Waals surface area contributed by atoms with Crippen LogP contribution in [0.3, 0.4) is 0 Å². The van der Waals surface area contributed by atoms with Crippen LogP contribution in [0.15, 0.2) is 52.2 Å². The number of amides is 1. The van der Waals surface area contributed by atoms with Crippen molar-refractivity contribution in [2.45, 2.75) is 39.5 Å². The predicted octanol–water partition coefficient (Wildman–Crippen LogP) is 4.45. The molecule has 2 atom stereocenters. The van der Waals surface area contributed by atoms with Crippen molar-refractivity contribution in [3.05, 3.63) is 57.8 Å². The van der Waals surface area contributed by atoms with Crippen LogP contribution in [0.2, 0.25) is 0 Å². The van der Waals surface area contributed by atoms with Crippen molar-refractivity contribution in [1.82, 2.24) is 5.32 Å². The SMILES string of the molecule is CC/C=C(/C)C1CC(C(=O)OC)=COC1OC(=O)NCc1ccc(Br)cc1. The molecular formula is C20H24BrNO5. The van der Waals surface area contributed by atoms with Gasteiger partial charge in [-0.15, -0.1) is 0 Å². The van der Waals surface area contributed by atoms with Crippen LogP contribution in [-0.2, 0) is 25.5 Å². The van der Waals surface area contributed by atoms with Gasteiger partial charge >= 0.3 is 12.1 Å².